The van der Waals surface area contributed by atoms with Crippen LogP contribution < -0.4 is 20.1 Å². The highest BCUT2D eigenvalue weighted by Gasteiger charge is 2.11. The minimum atomic E-state index is -0.295. The van der Waals surface area contributed by atoms with E-state index in [0.717, 1.165) is 5.56 Å². The number of amides is 2. The third kappa shape index (κ3) is 3.88. The minimum absolute atomic E-state index is 0.122. The van der Waals surface area contributed by atoms with Gasteiger partial charge in [0.2, 0.25) is 0 Å². The SMILES string of the molecule is COc1ccc(NC(=O)N[C@@H](C)c2ccncc2)cc1OC. The lowest BCUT2D eigenvalue weighted by molar-refractivity contribution is 0.249. The first-order valence-corrected chi connectivity index (χ1v) is 6.83. The largest absolute Gasteiger partial charge is 0.493 e. The number of ether oxygens (including phenoxy) is 2. The Morgan fingerprint density at radius 3 is 2.41 bits per heavy atom. The van der Waals surface area contributed by atoms with Gasteiger partial charge in [0.25, 0.3) is 0 Å². The molecule has 0 aliphatic rings. The molecular weight excluding hydrogens is 282 g/mol. The number of pyridine rings is 1. The Morgan fingerprint density at radius 2 is 1.77 bits per heavy atom. The average molecular weight is 301 g/mol. The Balaban J connectivity index is 2.00. The fourth-order valence-electron chi connectivity index (χ4n) is 2.01. The fourth-order valence-corrected chi connectivity index (χ4v) is 2.01. The van der Waals surface area contributed by atoms with Crippen molar-refractivity contribution >= 4 is 11.7 Å². The summed E-state index contributed by atoms with van der Waals surface area (Å²) < 4.78 is 10.4. The second kappa shape index (κ2) is 7.31. The highest BCUT2D eigenvalue weighted by molar-refractivity contribution is 5.89. The van der Waals surface area contributed by atoms with Crippen LogP contribution >= 0.6 is 0 Å². The summed E-state index contributed by atoms with van der Waals surface area (Å²) in [6.07, 6.45) is 3.39. The zero-order valence-electron chi connectivity index (χ0n) is 12.8. The van der Waals surface area contributed by atoms with E-state index in [1.807, 2.05) is 19.1 Å². The lowest BCUT2D eigenvalue weighted by Gasteiger charge is -2.15. The van der Waals surface area contributed by atoms with Gasteiger partial charge in [0, 0.05) is 24.1 Å². The van der Waals surface area contributed by atoms with Crippen LogP contribution in [0.1, 0.15) is 18.5 Å². The molecule has 2 N–H and O–H groups in total. The fraction of sp³-hybridized carbons (Fsp3) is 0.250. The van der Waals surface area contributed by atoms with E-state index in [2.05, 4.69) is 15.6 Å². The lowest BCUT2D eigenvalue weighted by Crippen LogP contribution is -2.31. The first-order valence-electron chi connectivity index (χ1n) is 6.83. The summed E-state index contributed by atoms with van der Waals surface area (Å²) in [5.74, 6) is 1.17. The molecule has 116 valence electrons. The monoisotopic (exact) mass is 301 g/mol. The summed E-state index contributed by atoms with van der Waals surface area (Å²) in [5.41, 5.74) is 1.61. The topological polar surface area (TPSA) is 72.5 Å². The molecule has 0 aliphatic carbocycles. The van der Waals surface area contributed by atoms with E-state index in [-0.39, 0.29) is 12.1 Å². The molecule has 0 bridgehead atoms. The van der Waals surface area contributed by atoms with Crippen molar-refractivity contribution in [2.24, 2.45) is 0 Å². The van der Waals surface area contributed by atoms with E-state index in [0.29, 0.717) is 17.2 Å². The van der Waals surface area contributed by atoms with Crippen LogP contribution in [-0.4, -0.2) is 25.2 Å². The van der Waals surface area contributed by atoms with Crippen LogP contribution in [0.15, 0.2) is 42.7 Å². The highest BCUT2D eigenvalue weighted by atomic mass is 16.5. The Labute approximate surface area is 129 Å². The maximum atomic E-state index is 12.0. The van der Waals surface area contributed by atoms with Crippen molar-refractivity contribution in [3.63, 3.8) is 0 Å². The smallest absolute Gasteiger partial charge is 0.319 e. The Kier molecular flexibility index (Phi) is 5.19. The van der Waals surface area contributed by atoms with Crippen molar-refractivity contribution < 1.29 is 14.3 Å². The summed E-state index contributed by atoms with van der Waals surface area (Å²) >= 11 is 0. The second-order valence-corrected chi connectivity index (χ2v) is 4.67. The molecular formula is C16H19N3O3. The van der Waals surface area contributed by atoms with Crippen molar-refractivity contribution in [1.82, 2.24) is 10.3 Å². The molecule has 1 atom stereocenters. The summed E-state index contributed by atoms with van der Waals surface area (Å²) in [5, 5.41) is 5.63. The molecule has 6 nitrogen and oxygen atoms in total. The third-order valence-corrected chi connectivity index (χ3v) is 3.20. The molecule has 0 radical (unpaired) electrons. The van der Waals surface area contributed by atoms with Gasteiger partial charge in [-0.25, -0.2) is 4.79 Å². The van der Waals surface area contributed by atoms with Gasteiger partial charge in [0.1, 0.15) is 0 Å². The van der Waals surface area contributed by atoms with Gasteiger partial charge in [-0.1, -0.05) is 0 Å². The predicted molar refractivity (Wildman–Crippen MR) is 84.4 cm³/mol. The average Bonchev–Trinajstić information content (AvgIpc) is 2.55. The first-order chi connectivity index (χ1) is 10.6. The molecule has 0 unspecified atom stereocenters. The number of methoxy groups -OCH3 is 2. The van der Waals surface area contributed by atoms with Crippen molar-refractivity contribution in [2.75, 3.05) is 19.5 Å². The molecule has 0 saturated carbocycles. The molecule has 1 heterocycles. The van der Waals surface area contributed by atoms with Crippen LogP contribution in [0.4, 0.5) is 10.5 Å². The van der Waals surface area contributed by atoms with Crippen LogP contribution in [0.3, 0.4) is 0 Å². The van der Waals surface area contributed by atoms with E-state index in [9.17, 15) is 4.79 Å². The van der Waals surface area contributed by atoms with Crippen LogP contribution in [0.5, 0.6) is 11.5 Å². The predicted octanol–water partition coefficient (Wildman–Crippen LogP) is 2.98. The minimum Gasteiger partial charge on any atom is -0.493 e. The zero-order chi connectivity index (χ0) is 15.9. The molecule has 22 heavy (non-hydrogen) atoms. The number of benzene rings is 1. The van der Waals surface area contributed by atoms with E-state index in [1.165, 1.54) is 0 Å². The molecule has 6 heteroatoms. The molecule has 1 aromatic heterocycles. The molecule has 0 fully saturated rings. The number of urea groups is 1. The summed E-state index contributed by atoms with van der Waals surface area (Å²) in [7, 11) is 3.11. The molecule has 0 aliphatic heterocycles. The van der Waals surface area contributed by atoms with Gasteiger partial charge >= 0.3 is 6.03 Å². The van der Waals surface area contributed by atoms with Crippen LogP contribution in [0, 0.1) is 0 Å². The number of hydrogen-bond donors (Lipinski definition) is 2. The van der Waals surface area contributed by atoms with Crippen molar-refractivity contribution in [3.05, 3.63) is 48.3 Å². The number of rotatable bonds is 5. The molecule has 1 aromatic carbocycles. The van der Waals surface area contributed by atoms with Crippen molar-refractivity contribution in [3.8, 4) is 11.5 Å². The Morgan fingerprint density at radius 1 is 1.09 bits per heavy atom. The van der Waals surface area contributed by atoms with Crippen LogP contribution in [-0.2, 0) is 0 Å². The van der Waals surface area contributed by atoms with E-state index in [1.54, 1.807) is 44.8 Å². The Hall–Kier alpha value is -2.76. The molecule has 2 aromatic rings. The second-order valence-electron chi connectivity index (χ2n) is 4.67. The van der Waals surface area contributed by atoms with Crippen LogP contribution in [0.25, 0.3) is 0 Å². The highest BCUT2D eigenvalue weighted by Crippen LogP contribution is 2.29. The summed E-state index contributed by atoms with van der Waals surface area (Å²) in [6.45, 7) is 1.91. The number of hydrogen-bond acceptors (Lipinski definition) is 4. The van der Waals surface area contributed by atoms with E-state index < -0.39 is 0 Å². The van der Waals surface area contributed by atoms with Gasteiger partial charge in [-0.05, 0) is 36.8 Å². The van der Waals surface area contributed by atoms with Gasteiger partial charge in [-0.3, -0.25) is 4.98 Å². The number of nitrogens with one attached hydrogen (secondary N) is 2. The summed E-state index contributed by atoms with van der Waals surface area (Å²) in [6, 6.07) is 8.50. The maximum absolute atomic E-state index is 12.0. The van der Waals surface area contributed by atoms with Gasteiger partial charge in [-0.2, -0.15) is 0 Å². The molecule has 2 amide bonds. The number of carbonyl (C=O) groups is 1. The lowest BCUT2D eigenvalue weighted by atomic mass is 10.1. The zero-order valence-corrected chi connectivity index (χ0v) is 12.8. The normalized spacial score (nSPS) is 11.4. The van der Waals surface area contributed by atoms with Gasteiger partial charge in [-0.15, -0.1) is 0 Å². The van der Waals surface area contributed by atoms with Crippen LogP contribution in [0.2, 0.25) is 0 Å². The number of aromatic nitrogens is 1. The number of carbonyl (C=O) groups excluding carboxylic acids is 1. The van der Waals surface area contributed by atoms with Gasteiger partial charge in [0.15, 0.2) is 11.5 Å². The molecule has 0 spiro atoms. The standard InChI is InChI=1S/C16H19N3O3/c1-11(12-6-8-17-9-7-12)18-16(20)19-13-4-5-14(21-2)15(10-13)22-3/h4-11H,1-3H3,(H2,18,19,20)/t11-/m0/s1. The number of nitrogens with zero attached hydrogens (tertiary/aromatic N) is 1. The third-order valence-electron chi connectivity index (χ3n) is 3.20. The Bertz CT molecular complexity index is 632. The van der Waals surface area contributed by atoms with E-state index in [4.69, 9.17) is 9.47 Å². The molecule has 2 rings (SSSR count). The van der Waals surface area contributed by atoms with Gasteiger partial charge in [0.05, 0.1) is 20.3 Å². The number of anilines is 1. The first kappa shape index (κ1) is 15.6. The quantitative estimate of drug-likeness (QED) is 0.890. The van der Waals surface area contributed by atoms with Crippen molar-refractivity contribution in [2.45, 2.75) is 13.0 Å². The van der Waals surface area contributed by atoms with E-state index >= 15 is 0 Å². The molecule has 0 saturated heterocycles. The summed E-state index contributed by atoms with van der Waals surface area (Å²) in [4.78, 5) is 16.0. The van der Waals surface area contributed by atoms with Gasteiger partial charge < -0.3 is 20.1 Å². The van der Waals surface area contributed by atoms with Crippen molar-refractivity contribution in [1.29, 1.82) is 0 Å². The maximum Gasteiger partial charge on any atom is 0.319 e.